The second-order valence-corrected chi connectivity index (χ2v) is 7.85. The van der Waals surface area contributed by atoms with E-state index >= 15 is 0 Å². The molecule has 1 aliphatic rings. The zero-order chi connectivity index (χ0) is 21.1. The number of morpholine rings is 1. The molecule has 2 atom stereocenters. The number of rotatable bonds is 5. The Bertz CT molecular complexity index is 987. The minimum absolute atomic E-state index is 0.150. The molecule has 1 fully saturated rings. The fourth-order valence-electron chi connectivity index (χ4n) is 3.86. The van der Waals surface area contributed by atoms with Gasteiger partial charge in [0.05, 0.1) is 24.1 Å². The number of amides is 1. The molecule has 3 aromatic rings. The third-order valence-electron chi connectivity index (χ3n) is 5.20. The van der Waals surface area contributed by atoms with Gasteiger partial charge in [-0.15, -0.1) is 0 Å². The van der Waals surface area contributed by atoms with E-state index in [9.17, 15) is 4.79 Å². The molecular weight excluding hydrogens is 378 g/mol. The number of nitrogens with zero attached hydrogens (tertiary/aromatic N) is 4. The summed E-state index contributed by atoms with van der Waals surface area (Å²) >= 11 is 0. The highest BCUT2D eigenvalue weighted by atomic mass is 16.5. The van der Waals surface area contributed by atoms with Crippen molar-refractivity contribution in [3.8, 4) is 5.82 Å². The lowest BCUT2D eigenvalue weighted by Gasteiger charge is -2.35. The number of hydrogen-bond donors (Lipinski definition) is 1. The van der Waals surface area contributed by atoms with Gasteiger partial charge >= 0.3 is 0 Å². The van der Waals surface area contributed by atoms with E-state index in [0.29, 0.717) is 11.3 Å². The van der Waals surface area contributed by atoms with Crippen LogP contribution in [-0.4, -0.2) is 50.6 Å². The first-order valence-electron chi connectivity index (χ1n) is 10.2. The Labute approximate surface area is 176 Å². The van der Waals surface area contributed by atoms with Crippen LogP contribution >= 0.6 is 0 Å². The number of hydrogen-bond acceptors (Lipinski definition) is 5. The lowest BCUT2D eigenvalue weighted by atomic mass is 10.1. The average Bonchev–Trinajstić information content (AvgIpc) is 3.14. The number of pyridine rings is 1. The van der Waals surface area contributed by atoms with Crippen LogP contribution in [0.1, 0.15) is 35.6 Å². The van der Waals surface area contributed by atoms with Crippen molar-refractivity contribution in [1.29, 1.82) is 0 Å². The molecule has 1 saturated heterocycles. The van der Waals surface area contributed by atoms with Gasteiger partial charge in [0.15, 0.2) is 0 Å². The Kier molecular flexibility index (Phi) is 5.92. The smallest absolute Gasteiger partial charge is 0.255 e. The first kappa shape index (κ1) is 20.3. The van der Waals surface area contributed by atoms with E-state index in [1.54, 1.807) is 12.4 Å². The number of aromatic nitrogens is 3. The highest BCUT2D eigenvalue weighted by molar-refractivity contribution is 6.04. The molecule has 0 spiro atoms. The summed E-state index contributed by atoms with van der Waals surface area (Å²) in [5.41, 5.74) is 2.47. The quantitative estimate of drug-likeness (QED) is 0.704. The van der Waals surface area contributed by atoms with Gasteiger partial charge < -0.3 is 10.1 Å². The van der Waals surface area contributed by atoms with Gasteiger partial charge in [0.1, 0.15) is 11.6 Å². The van der Waals surface area contributed by atoms with Gasteiger partial charge in [0.25, 0.3) is 5.91 Å². The summed E-state index contributed by atoms with van der Waals surface area (Å²) in [6.07, 6.45) is 5.74. The fraction of sp³-hybridized carbons (Fsp3) is 0.348. The van der Waals surface area contributed by atoms with Crippen LogP contribution in [0.4, 0.5) is 5.69 Å². The maximum Gasteiger partial charge on any atom is 0.255 e. The number of anilines is 1. The standard InChI is InChI=1S/C23H27N5O2/c1-16-13-27(14-17(2)30-16)15-19-4-6-20(7-5-19)23(29)26-21-8-9-22(25-12-21)28-11-10-24-18(28)3/h4-12,16-17H,13-15H2,1-3H3,(H,26,29)/t16-,17+. The monoisotopic (exact) mass is 405 g/mol. The lowest BCUT2D eigenvalue weighted by molar-refractivity contribution is -0.0704. The summed E-state index contributed by atoms with van der Waals surface area (Å²) < 4.78 is 7.68. The molecule has 1 N–H and O–H groups in total. The molecule has 0 bridgehead atoms. The highest BCUT2D eigenvalue weighted by Gasteiger charge is 2.22. The van der Waals surface area contributed by atoms with Crippen LogP contribution in [0.15, 0.2) is 55.0 Å². The Morgan fingerprint density at radius 3 is 2.43 bits per heavy atom. The zero-order valence-corrected chi connectivity index (χ0v) is 17.6. The number of nitrogens with one attached hydrogen (secondary N) is 1. The first-order valence-corrected chi connectivity index (χ1v) is 10.2. The van der Waals surface area contributed by atoms with Crippen molar-refractivity contribution in [2.45, 2.75) is 39.5 Å². The van der Waals surface area contributed by atoms with E-state index in [1.165, 1.54) is 5.56 Å². The van der Waals surface area contributed by atoms with Gasteiger partial charge in [0, 0.05) is 37.6 Å². The van der Waals surface area contributed by atoms with Crippen molar-refractivity contribution in [2.75, 3.05) is 18.4 Å². The minimum Gasteiger partial charge on any atom is -0.373 e. The number of aryl methyl sites for hydroxylation is 1. The van der Waals surface area contributed by atoms with Gasteiger partial charge in [-0.2, -0.15) is 0 Å². The summed E-state index contributed by atoms with van der Waals surface area (Å²) in [5.74, 6) is 1.47. The third kappa shape index (κ3) is 4.75. The highest BCUT2D eigenvalue weighted by Crippen LogP contribution is 2.16. The van der Waals surface area contributed by atoms with E-state index in [1.807, 2.05) is 54.1 Å². The van der Waals surface area contributed by atoms with E-state index < -0.39 is 0 Å². The van der Waals surface area contributed by atoms with Crippen LogP contribution < -0.4 is 5.32 Å². The van der Waals surface area contributed by atoms with E-state index in [4.69, 9.17) is 4.74 Å². The molecule has 0 saturated carbocycles. The number of carbonyl (C=O) groups excluding carboxylic acids is 1. The van der Waals surface area contributed by atoms with E-state index in [2.05, 4.69) is 34.0 Å². The summed E-state index contributed by atoms with van der Waals surface area (Å²) in [5, 5.41) is 2.90. The van der Waals surface area contributed by atoms with Crippen LogP contribution in [0.2, 0.25) is 0 Å². The molecule has 30 heavy (non-hydrogen) atoms. The zero-order valence-electron chi connectivity index (χ0n) is 17.6. The number of imidazole rings is 1. The van der Waals surface area contributed by atoms with Gasteiger partial charge in [-0.05, 0) is 50.6 Å². The number of carbonyl (C=O) groups is 1. The first-order chi connectivity index (χ1) is 14.5. The summed E-state index contributed by atoms with van der Waals surface area (Å²) in [4.78, 5) is 23.6. The van der Waals surface area contributed by atoms with Gasteiger partial charge in [-0.25, -0.2) is 9.97 Å². The molecule has 0 unspecified atom stereocenters. The second kappa shape index (κ2) is 8.77. The predicted octanol–water partition coefficient (Wildman–Crippen LogP) is 3.44. The SMILES string of the molecule is Cc1nccn1-c1ccc(NC(=O)c2ccc(CN3C[C@@H](C)O[C@@H](C)C3)cc2)cn1. The van der Waals surface area contributed by atoms with Crippen LogP contribution in [-0.2, 0) is 11.3 Å². The van der Waals surface area contributed by atoms with Gasteiger partial charge in [0.2, 0.25) is 0 Å². The molecule has 7 nitrogen and oxygen atoms in total. The molecule has 0 radical (unpaired) electrons. The molecule has 2 aromatic heterocycles. The maximum absolute atomic E-state index is 12.6. The summed E-state index contributed by atoms with van der Waals surface area (Å²) in [6, 6.07) is 11.5. The van der Waals surface area contributed by atoms with Gasteiger partial charge in [-0.3, -0.25) is 14.3 Å². The minimum atomic E-state index is -0.150. The Morgan fingerprint density at radius 2 is 1.83 bits per heavy atom. The predicted molar refractivity (Wildman–Crippen MR) is 116 cm³/mol. The number of ether oxygens (including phenoxy) is 1. The van der Waals surface area contributed by atoms with Crippen molar-refractivity contribution < 1.29 is 9.53 Å². The lowest BCUT2D eigenvalue weighted by Crippen LogP contribution is -2.44. The van der Waals surface area contributed by atoms with Gasteiger partial charge in [-0.1, -0.05) is 12.1 Å². The normalized spacial score (nSPS) is 19.6. The summed E-state index contributed by atoms with van der Waals surface area (Å²) in [7, 11) is 0. The molecule has 156 valence electrons. The van der Waals surface area contributed by atoms with E-state index in [0.717, 1.165) is 31.3 Å². The van der Waals surface area contributed by atoms with Crippen LogP contribution in [0.3, 0.4) is 0 Å². The molecule has 1 aromatic carbocycles. The number of benzene rings is 1. The fourth-order valence-corrected chi connectivity index (χ4v) is 3.86. The molecule has 1 amide bonds. The Balaban J connectivity index is 1.36. The maximum atomic E-state index is 12.6. The Hall–Kier alpha value is -3.03. The second-order valence-electron chi connectivity index (χ2n) is 7.85. The van der Waals surface area contributed by atoms with Crippen molar-refractivity contribution in [3.63, 3.8) is 0 Å². The van der Waals surface area contributed by atoms with E-state index in [-0.39, 0.29) is 18.1 Å². The van der Waals surface area contributed by atoms with Crippen LogP contribution in [0.25, 0.3) is 5.82 Å². The molecule has 4 rings (SSSR count). The topological polar surface area (TPSA) is 72.3 Å². The van der Waals surface area contributed by atoms with Crippen LogP contribution in [0, 0.1) is 6.92 Å². The van der Waals surface area contributed by atoms with Crippen molar-refractivity contribution in [1.82, 2.24) is 19.4 Å². The van der Waals surface area contributed by atoms with Crippen molar-refractivity contribution >= 4 is 11.6 Å². The third-order valence-corrected chi connectivity index (χ3v) is 5.20. The molecule has 3 heterocycles. The van der Waals surface area contributed by atoms with Crippen molar-refractivity contribution in [3.05, 3.63) is 71.9 Å². The average molecular weight is 406 g/mol. The molecule has 0 aliphatic carbocycles. The van der Waals surface area contributed by atoms with Crippen LogP contribution in [0.5, 0.6) is 0 Å². The largest absolute Gasteiger partial charge is 0.373 e. The summed E-state index contributed by atoms with van der Waals surface area (Å²) in [6.45, 7) is 8.84. The molecule has 1 aliphatic heterocycles. The molecule has 7 heteroatoms. The molecular formula is C23H27N5O2. The van der Waals surface area contributed by atoms with Crippen molar-refractivity contribution in [2.24, 2.45) is 0 Å². The Morgan fingerprint density at radius 1 is 1.10 bits per heavy atom.